The molecule has 0 spiro atoms. The zero-order chi connectivity index (χ0) is 39.3. The molecule has 0 aliphatic carbocycles. The van der Waals surface area contributed by atoms with Crippen LogP contribution in [0, 0.1) is 6.92 Å². The lowest BCUT2D eigenvalue weighted by molar-refractivity contribution is -0.870. The average molecular weight is 783 g/mol. The molecule has 3 aromatic rings. The second kappa shape index (κ2) is 14.2. The predicted molar refractivity (Wildman–Crippen MR) is 187 cm³/mol. The number of carbonyl (C=O) groups is 2. The van der Waals surface area contributed by atoms with Crippen LogP contribution >= 0.6 is 0 Å². The third-order valence-corrected chi connectivity index (χ3v) is 10.3. The number of quaternary nitrogens is 1. The summed E-state index contributed by atoms with van der Waals surface area (Å²) in [5, 5.41) is 22.0. The number of hydrogen-bond acceptors (Lipinski definition) is 9. The molecule has 2 aliphatic rings. The van der Waals surface area contributed by atoms with Gasteiger partial charge in [-0.05, 0) is 49.2 Å². The molecule has 53 heavy (non-hydrogen) atoms. The molecule has 0 saturated carbocycles. The lowest BCUT2D eigenvalue weighted by Gasteiger charge is -2.32. The van der Waals surface area contributed by atoms with Gasteiger partial charge in [0, 0.05) is 47.9 Å². The maximum absolute atomic E-state index is 16.9. The number of nitrogens with zero attached hydrogens (tertiary/aromatic N) is 4. The first kappa shape index (κ1) is 39.4. The molecule has 286 valence electrons. The Balaban J connectivity index is 1.41. The monoisotopic (exact) mass is 782 g/mol. The first-order valence-electron chi connectivity index (χ1n) is 16.2. The molecule has 0 radical (unpaired) electrons. The van der Waals surface area contributed by atoms with Crippen molar-refractivity contribution in [3.05, 3.63) is 82.3 Å². The van der Waals surface area contributed by atoms with Gasteiger partial charge in [-0.25, -0.2) is 4.79 Å². The molecular formula is C32H39BF2N5O11S2+. The first-order valence-corrected chi connectivity index (χ1v) is 19.3. The summed E-state index contributed by atoms with van der Waals surface area (Å²) in [6.07, 6.45) is 3.93. The Kier molecular flexibility index (Phi) is 10.5. The van der Waals surface area contributed by atoms with Gasteiger partial charge in [0.1, 0.15) is 11.8 Å². The van der Waals surface area contributed by atoms with Crippen LogP contribution in [0.5, 0.6) is 11.8 Å². The Labute approximate surface area is 304 Å². The molecule has 2 aliphatic heterocycles. The van der Waals surface area contributed by atoms with Gasteiger partial charge in [-0.3, -0.25) is 13.9 Å². The summed E-state index contributed by atoms with van der Waals surface area (Å²) < 4.78 is 101. The molecule has 4 heterocycles. The van der Waals surface area contributed by atoms with Crippen LogP contribution in [-0.4, -0.2) is 118 Å². The lowest BCUT2D eigenvalue weighted by Crippen LogP contribution is -2.51. The molecule has 2 aromatic heterocycles. The van der Waals surface area contributed by atoms with Crippen molar-refractivity contribution in [2.45, 2.75) is 43.5 Å². The van der Waals surface area contributed by atoms with Crippen LogP contribution in [0.15, 0.2) is 64.7 Å². The fraction of sp³-hybridized carbons (Fsp3) is 0.344. The van der Waals surface area contributed by atoms with E-state index in [1.807, 2.05) is 5.32 Å². The highest BCUT2D eigenvalue weighted by Crippen LogP contribution is 2.39. The number of nitrogens with one attached hydrogen (secondary N) is 1. The zero-order valence-electron chi connectivity index (χ0n) is 29.1. The van der Waals surface area contributed by atoms with Crippen molar-refractivity contribution in [1.82, 2.24) is 14.5 Å². The number of aromatic hydroxyl groups is 2. The summed E-state index contributed by atoms with van der Waals surface area (Å²) in [6.45, 7) is -2.04. The van der Waals surface area contributed by atoms with Gasteiger partial charge in [0.2, 0.25) is 11.8 Å². The van der Waals surface area contributed by atoms with Crippen molar-refractivity contribution in [2.24, 2.45) is 0 Å². The number of aromatic nitrogens is 2. The van der Waals surface area contributed by atoms with Gasteiger partial charge >= 0.3 is 12.9 Å². The number of carbonyl (C=O) groups excluding carboxylic acids is 2. The van der Waals surface area contributed by atoms with Crippen LogP contribution < -0.4 is 10.2 Å². The molecule has 0 bridgehead atoms. The highest BCUT2D eigenvalue weighted by Gasteiger charge is 2.54. The third kappa shape index (κ3) is 8.54. The fourth-order valence-corrected chi connectivity index (χ4v) is 7.57. The van der Waals surface area contributed by atoms with Gasteiger partial charge in [0.15, 0.2) is 16.3 Å². The number of rotatable bonds is 14. The minimum atomic E-state index is -5.11. The van der Waals surface area contributed by atoms with E-state index in [-0.39, 0.29) is 22.5 Å². The smallest absolute Gasteiger partial charge is 0.492 e. The molecule has 16 nitrogen and oxygen atoms in total. The van der Waals surface area contributed by atoms with Crippen molar-refractivity contribution in [3.8, 4) is 11.8 Å². The number of allylic oxidation sites excluding steroid dienone is 2. The number of hydrogen-bond donors (Lipinski definition) is 5. The summed E-state index contributed by atoms with van der Waals surface area (Å²) in [5.41, 5.74) is 2.86. The van der Waals surface area contributed by atoms with Crippen molar-refractivity contribution < 1.29 is 68.2 Å². The number of aryl methyl sites for hydroxylation is 2. The molecule has 21 heteroatoms. The minimum absolute atomic E-state index is 0.0627. The van der Waals surface area contributed by atoms with Gasteiger partial charge in [-0.15, -0.1) is 4.73 Å². The standard InChI is InChI=1S/C32H38BF2N5O11S2/c1-20-15-23(12-13-29(41)36-24(19-52(45,46)47)32(44)51-39-30(42)18-28(31(39)43)53(48,49)50)37-25(20)17-27-22(11-8-14-40(2,3)4)16-26(38(27)33(37,34)35)21-9-6-5-7-10-21/h5-7,9-10,15-18,24H,8,11-14,19H2,1-4H3,(H4-,36,41,42,43,45,46,47,48,49,50)/p+1. The zero-order valence-corrected chi connectivity index (χ0v) is 30.7. The van der Waals surface area contributed by atoms with E-state index < -0.39 is 74.0 Å². The number of halogens is 2. The Hall–Kier alpha value is -4.83. The van der Waals surface area contributed by atoms with E-state index in [9.17, 15) is 45.7 Å². The maximum Gasteiger partial charge on any atom is 0.737 e. The molecule has 0 fully saturated rings. The Morgan fingerprint density at radius 2 is 1.68 bits per heavy atom. The third-order valence-electron chi connectivity index (χ3n) is 8.70. The molecule has 5 rings (SSSR count). The molecular weight excluding hydrogens is 743 g/mol. The van der Waals surface area contributed by atoms with E-state index in [4.69, 9.17) is 0 Å². The average Bonchev–Trinajstić information content (AvgIpc) is 3.67. The quantitative estimate of drug-likeness (QED) is 0.0902. The second-order valence-electron chi connectivity index (χ2n) is 13.8. The van der Waals surface area contributed by atoms with Crippen LogP contribution in [0.25, 0.3) is 6.08 Å². The SMILES string of the molecule is Cc1cc(CCC(=O)NC(CS(=O)(=O)O)C(=O)On2c(O)cc(S(=O)(=O)O)c2O)n2c1C=C1C(CCC[N+](C)(C)C)=CC(c3ccccc3)=[N+]1[B-]2(F)F. The Morgan fingerprint density at radius 1 is 1.02 bits per heavy atom. The van der Waals surface area contributed by atoms with E-state index in [0.717, 1.165) is 27.5 Å². The first-order chi connectivity index (χ1) is 24.5. The van der Waals surface area contributed by atoms with Crippen molar-refractivity contribution in [2.75, 3.05) is 33.4 Å². The summed E-state index contributed by atoms with van der Waals surface area (Å²) in [6, 6.07) is 8.41. The molecule has 1 atom stereocenters. The Morgan fingerprint density at radius 3 is 2.26 bits per heavy atom. The van der Waals surface area contributed by atoms with E-state index in [1.165, 1.54) is 6.07 Å². The summed E-state index contributed by atoms with van der Waals surface area (Å²) in [4.78, 5) is 29.3. The number of amides is 1. The van der Waals surface area contributed by atoms with Gasteiger partial charge in [-0.1, -0.05) is 18.2 Å². The maximum atomic E-state index is 16.9. The number of benzene rings is 1. The van der Waals surface area contributed by atoms with Gasteiger partial charge in [-0.2, -0.15) is 16.8 Å². The van der Waals surface area contributed by atoms with Crippen LogP contribution in [0.4, 0.5) is 8.63 Å². The Bertz CT molecular complexity index is 2290. The van der Waals surface area contributed by atoms with E-state index in [2.05, 4.69) is 26.0 Å². The predicted octanol–water partition coefficient (Wildman–Crippen LogP) is 1.72. The molecule has 1 unspecified atom stereocenters. The van der Waals surface area contributed by atoms with Crippen LogP contribution in [-0.2, 0) is 36.2 Å². The topological polar surface area (TPSA) is 217 Å². The van der Waals surface area contributed by atoms with E-state index in [1.54, 1.807) is 49.4 Å². The second-order valence-corrected chi connectivity index (χ2v) is 16.7. The van der Waals surface area contributed by atoms with Gasteiger partial charge in [0.25, 0.3) is 26.1 Å². The number of fused-ring (bicyclic) bond motifs is 2. The molecule has 5 N–H and O–H groups in total. The van der Waals surface area contributed by atoms with Gasteiger partial charge in [0.05, 0.1) is 27.7 Å². The van der Waals surface area contributed by atoms with E-state index >= 15 is 8.63 Å². The fourth-order valence-electron chi connectivity index (χ4n) is 6.36. The molecule has 1 aromatic carbocycles. The van der Waals surface area contributed by atoms with Crippen LogP contribution in [0.3, 0.4) is 0 Å². The van der Waals surface area contributed by atoms with Crippen molar-refractivity contribution in [3.63, 3.8) is 0 Å². The van der Waals surface area contributed by atoms with Crippen molar-refractivity contribution in [1.29, 1.82) is 0 Å². The molecule has 0 saturated heterocycles. The molecule has 1 amide bonds. The van der Waals surface area contributed by atoms with Crippen LogP contribution in [0.2, 0.25) is 0 Å². The van der Waals surface area contributed by atoms with Gasteiger partial charge < -0.3 is 42.4 Å². The summed E-state index contributed by atoms with van der Waals surface area (Å²) in [7, 11) is -3.95. The largest absolute Gasteiger partial charge is 0.737 e. The highest BCUT2D eigenvalue weighted by molar-refractivity contribution is 7.86. The van der Waals surface area contributed by atoms with Crippen LogP contribution in [0.1, 0.15) is 41.8 Å². The highest BCUT2D eigenvalue weighted by atomic mass is 32.2. The normalized spacial score (nSPS) is 16.1. The van der Waals surface area contributed by atoms with Crippen molar-refractivity contribution >= 4 is 50.9 Å². The lowest BCUT2D eigenvalue weighted by atomic mass is 9.88. The van der Waals surface area contributed by atoms with E-state index in [0.29, 0.717) is 39.5 Å². The summed E-state index contributed by atoms with van der Waals surface area (Å²) in [5.74, 6) is -6.89. The summed E-state index contributed by atoms with van der Waals surface area (Å²) >= 11 is 0. The minimum Gasteiger partial charge on any atom is -0.492 e.